The SMILES string of the molecule is CCOC(=O)N1CCC(NC(=NC)NCC(C)Oc2ccccc2Cl)CC1. The van der Waals surface area contributed by atoms with Gasteiger partial charge in [0.05, 0.1) is 18.2 Å². The molecule has 1 aromatic rings. The van der Waals surface area contributed by atoms with Crippen LogP contribution in [0.1, 0.15) is 26.7 Å². The molecule has 0 aliphatic carbocycles. The Morgan fingerprint density at radius 2 is 2.07 bits per heavy atom. The lowest BCUT2D eigenvalue weighted by Crippen LogP contribution is -2.50. The van der Waals surface area contributed by atoms with Gasteiger partial charge in [-0.3, -0.25) is 4.99 Å². The number of nitrogens with zero attached hydrogens (tertiary/aromatic N) is 2. The molecule has 1 fully saturated rings. The van der Waals surface area contributed by atoms with Crippen LogP contribution in [0, 0.1) is 0 Å². The molecule has 7 nitrogen and oxygen atoms in total. The second-order valence-corrected chi connectivity index (χ2v) is 6.82. The van der Waals surface area contributed by atoms with Crippen molar-refractivity contribution in [1.29, 1.82) is 0 Å². The van der Waals surface area contributed by atoms with E-state index < -0.39 is 0 Å². The zero-order valence-corrected chi connectivity index (χ0v) is 17.0. The summed E-state index contributed by atoms with van der Waals surface area (Å²) in [6, 6.07) is 7.69. The molecule has 150 valence electrons. The number of rotatable bonds is 6. The molecular weight excluding hydrogens is 368 g/mol. The van der Waals surface area contributed by atoms with Crippen molar-refractivity contribution in [1.82, 2.24) is 15.5 Å². The Bertz CT molecular complexity index is 633. The number of halogens is 1. The predicted molar refractivity (Wildman–Crippen MR) is 108 cm³/mol. The smallest absolute Gasteiger partial charge is 0.409 e. The van der Waals surface area contributed by atoms with E-state index in [-0.39, 0.29) is 18.2 Å². The van der Waals surface area contributed by atoms with Gasteiger partial charge >= 0.3 is 6.09 Å². The first-order chi connectivity index (χ1) is 13.0. The van der Waals surface area contributed by atoms with E-state index in [1.807, 2.05) is 32.0 Å². The van der Waals surface area contributed by atoms with E-state index >= 15 is 0 Å². The largest absolute Gasteiger partial charge is 0.487 e. The van der Waals surface area contributed by atoms with Gasteiger partial charge in [-0.25, -0.2) is 4.79 Å². The number of amides is 1. The molecule has 1 heterocycles. The highest BCUT2D eigenvalue weighted by Crippen LogP contribution is 2.24. The Morgan fingerprint density at radius 1 is 1.37 bits per heavy atom. The number of piperidine rings is 1. The Labute approximate surface area is 166 Å². The normalized spacial score (nSPS) is 16.6. The topological polar surface area (TPSA) is 75.2 Å². The third kappa shape index (κ3) is 6.82. The van der Waals surface area contributed by atoms with Crippen LogP contribution in [0.2, 0.25) is 5.02 Å². The van der Waals surface area contributed by atoms with Crippen molar-refractivity contribution in [3.05, 3.63) is 29.3 Å². The maximum atomic E-state index is 11.8. The minimum Gasteiger partial charge on any atom is -0.487 e. The minimum atomic E-state index is -0.232. The van der Waals surface area contributed by atoms with Crippen molar-refractivity contribution >= 4 is 23.7 Å². The number of aliphatic imine (C=N–C) groups is 1. The van der Waals surface area contributed by atoms with Gasteiger partial charge in [0.1, 0.15) is 11.9 Å². The first-order valence-corrected chi connectivity index (χ1v) is 9.71. The van der Waals surface area contributed by atoms with Gasteiger partial charge in [0, 0.05) is 26.2 Å². The fourth-order valence-corrected chi connectivity index (χ4v) is 3.03. The molecule has 27 heavy (non-hydrogen) atoms. The molecule has 0 radical (unpaired) electrons. The molecule has 1 aromatic carbocycles. The number of hydrogen-bond donors (Lipinski definition) is 2. The van der Waals surface area contributed by atoms with Crippen LogP contribution in [-0.2, 0) is 4.74 Å². The number of guanidine groups is 1. The average Bonchev–Trinajstić information content (AvgIpc) is 2.67. The van der Waals surface area contributed by atoms with Gasteiger partial charge in [0.15, 0.2) is 5.96 Å². The van der Waals surface area contributed by atoms with Crippen LogP contribution >= 0.6 is 11.6 Å². The van der Waals surface area contributed by atoms with Crippen molar-refractivity contribution in [2.45, 2.75) is 38.8 Å². The zero-order chi connectivity index (χ0) is 19.6. The lowest BCUT2D eigenvalue weighted by molar-refractivity contribution is 0.0963. The van der Waals surface area contributed by atoms with Gasteiger partial charge in [-0.2, -0.15) is 0 Å². The summed E-state index contributed by atoms with van der Waals surface area (Å²) >= 11 is 6.12. The minimum absolute atomic E-state index is 0.0749. The van der Waals surface area contributed by atoms with E-state index in [2.05, 4.69) is 15.6 Å². The van der Waals surface area contributed by atoms with Crippen molar-refractivity contribution in [2.75, 3.05) is 33.3 Å². The van der Waals surface area contributed by atoms with Crippen LogP contribution in [0.4, 0.5) is 4.79 Å². The van der Waals surface area contributed by atoms with Crippen molar-refractivity contribution < 1.29 is 14.3 Å². The van der Waals surface area contributed by atoms with E-state index in [4.69, 9.17) is 21.1 Å². The first-order valence-electron chi connectivity index (χ1n) is 9.33. The quantitative estimate of drug-likeness (QED) is 0.571. The van der Waals surface area contributed by atoms with Crippen LogP contribution in [-0.4, -0.2) is 62.4 Å². The molecule has 0 aromatic heterocycles. The molecular formula is C19H29ClN4O3. The molecule has 0 bridgehead atoms. The van der Waals surface area contributed by atoms with Gasteiger partial charge in [-0.1, -0.05) is 23.7 Å². The van der Waals surface area contributed by atoms with E-state index in [1.54, 1.807) is 18.0 Å². The van der Waals surface area contributed by atoms with Crippen molar-refractivity contribution in [3.63, 3.8) is 0 Å². The third-order valence-corrected chi connectivity index (χ3v) is 4.62. The summed E-state index contributed by atoms with van der Waals surface area (Å²) in [5.74, 6) is 1.39. The van der Waals surface area contributed by atoms with Gasteiger partial charge in [-0.05, 0) is 38.8 Å². The zero-order valence-electron chi connectivity index (χ0n) is 16.2. The molecule has 1 atom stereocenters. The summed E-state index contributed by atoms with van der Waals surface area (Å²) < 4.78 is 10.9. The van der Waals surface area contributed by atoms with E-state index in [0.29, 0.717) is 37.0 Å². The Morgan fingerprint density at radius 3 is 2.70 bits per heavy atom. The predicted octanol–water partition coefficient (Wildman–Crippen LogP) is 2.89. The fraction of sp³-hybridized carbons (Fsp3) is 0.579. The molecule has 1 unspecified atom stereocenters. The highest BCUT2D eigenvalue weighted by molar-refractivity contribution is 6.32. The number of nitrogens with one attached hydrogen (secondary N) is 2. The molecule has 0 spiro atoms. The lowest BCUT2D eigenvalue weighted by atomic mass is 10.1. The number of para-hydroxylation sites is 1. The summed E-state index contributed by atoms with van der Waals surface area (Å²) in [7, 11) is 1.74. The van der Waals surface area contributed by atoms with Gasteiger partial charge in [0.2, 0.25) is 0 Å². The van der Waals surface area contributed by atoms with Crippen molar-refractivity contribution in [3.8, 4) is 5.75 Å². The van der Waals surface area contributed by atoms with Gasteiger partial charge in [-0.15, -0.1) is 0 Å². The number of ether oxygens (including phenoxy) is 2. The number of hydrogen-bond acceptors (Lipinski definition) is 4. The average molecular weight is 397 g/mol. The lowest BCUT2D eigenvalue weighted by Gasteiger charge is -2.32. The monoisotopic (exact) mass is 396 g/mol. The van der Waals surface area contributed by atoms with E-state index in [9.17, 15) is 4.79 Å². The van der Waals surface area contributed by atoms with Crippen LogP contribution in [0.3, 0.4) is 0 Å². The number of carbonyl (C=O) groups is 1. The Hall–Kier alpha value is -2.15. The molecule has 1 aliphatic heterocycles. The van der Waals surface area contributed by atoms with Crippen molar-refractivity contribution in [2.24, 2.45) is 4.99 Å². The maximum absolute atomic E-state index is 11.8. The molecule has 1 amide bonds. The standard InChI is InChI=1S/C19H29ClN4O3/c1-4-26-19(25)24-11-9-15(10-12-24)23-18(21-3)22-13-14(2)27-17-8-6-5-7-16(17)20/h5-8,14-15H,4,9-13H2,1-3H3,(H2,21,22,23). The second-order valence-electron chi connectivity index (χ2n) is 6.42. The Kier molecular flexibility index (Phi) is 8.51. The summed E-state index contributed by atoms with van der Waals surface area (Å²) in [4.78, 5) is 17.8. The molecule has 1 aliphatic rings. The van der Waals surface area contributed by atoms with E-state index in [0.717, 1.165) is 18.8 Å². The number of carbonyl (C=O) groups excluding carboxylic acids is 1. The van der Waals surface area contributed by atoms with Crippen LogP contribution in [0.15, 0.2) is 29.3 Å². The summed E-state index contributed by atoms with van der Waals surface area (Å²) in [5.41, 5.74) is 0. The summed E-state index contributed by atoms with van der Waals surface area (Å²) in [6.45, 7) is 6.15. The third-order valence-electron chi connectivity index (χ3n) is 4.31. The van der Waals surface area contributed by atoms with Crippen LogP contribution in [0.5, 0.6) is 5.75 Å². The first kappa shape index (κ1) is 21.2. The molecule has 0 saturated carbocycles. The van der Waals surface area contributed by atoms with Gasteiger partial charge in [0.25, 0.3) is 0 Å². The van der Waals surface area contributed by atoms with Crippen LogP contribution in [0.25, 0.3) is 0 Å². The van der Waals surface area contributed by atoms with Gasteiger partial charge < -0.3 is 25.0 Å². The fourth-order valence-electron chi connectivity index (χ4n) is 2.85. The maximum Gasteiger partial charge on any atom is 0.409 e. The Balaban J connectivity index is 1.73. The molecule has 8 heteroatoms. The number of benzene rings is 1. The van der Waals surface area contributed by atoms with Crippen LogP contribution < -0.4 is 15.4 Å². The highest BCUT2D eigenvalue weighted by atomic mass is 35.5. The second kappa shape index (κ2) is 10.9. The highest BCUT2D eigenvalue weighted by Gasteiger charge is 2.24. The summed E-state index contributed by atoms with van der Waals surface area (Å²) in [6.07, 6.45) is 1.40. The number of likely N-dealkylation sites (tertiary alicyclic amines) is 1. The van der Waals surface area contributed by atoms with E-state index in [1.165, 1.54) is 0 Å². The molecule has 2 rings (SSSR count). The summed E-state index contributed by atoms with van der Waals surface area (Å²) in [5, 5.41) is 7.28. The molecule has 1 saturated heterocycles. The molecule has 2 N–H and O–H groups in total.